The second kappa shape index (κ2) is 5.17. The van der Waals surface area contributed by atoms with Crippen LogP contribution in [0.5, 0.6) is 0 Å². The van der Waals surface area contributed by atoms with Gasteiger partial charge in [0.05, 0.1) is 23.9 Å². The Bertz CT molecular complexity index is 808. The molecule has 3 rings (SSSR count). The number of nitrogens with zero attached hydrogens (tertiary/aromatic N) is 3. The fraction of sp³-hybridized carbons (Fsp3) is 0.154. The molecule has 0 aromatic carbocycles. The van der Waals surface area contributed by atoms with Crippen LogP contribution in [-0.4, -0.2) is 20.5 Å². The molecule has 1 N–H and O–H groups in total. The number of halogens is 3. The summed E-state index contributed by atoms with van der Waals surface area (Å²) in [7, 11) is 0. The van der Waals surface area contributed by atoms with Crippen molar-refractivity contribution in [1.29, 1.82) is 0 Å². The first-order chi connectivity index (χ1) is 10.4. The van der Waals surface area contributed by atoms with Crippen molar-refractivity contribution in [1.82, 2.24) is 19.9 Å². The maximum absolute atomic E-state index is 12.6. The second-order valence-electron chi connectivity index (χ2n) is 4.45. The van der Waals surface area contributed by atoms with Gasteiger partial charge in [-0.2, -0.15) is 13.2 Å². The molecular formula is C13H9F3N4O2. The zero-order chi connectivity index (χ0) is 15.7. The highest BCUT2D eigenvalue weighted by atomic mass is 19.4. The first-order valence-electron chi connectivity index (χ1n) is 6.16. The molecule has 0 bridgehead atoms. The van der Waals surface area contributed by atoms with E-state index < -0.39 is 11.7 Å². The van der Waals surface area contributed by atoms with Gasteiger partial charge in [0, 0.05) is 6.20 Å². The number of amides is 1. The summed E-state index contributed by atoms with van der Waals surface area (Å²) in [6, 6.07) is 3.32. The molecule has 3 aromatic heterocycles. The Balaban J connectivity index is 1.79. The average Bonchev–Trinajstić information content (AvgIpc) is 3.13. The SMILES string of the molecule is O=C(NCc1nnc2cc(C(F)(F)F)ccn12)c1ccoc1. The summed E-state index contributed by atoms with van der Waals surface area (Å²) in [5.41, 5.74) is -0.406. The minimum atomic E-state index is -4.44. The number of rotatable bonds is 3. The maximum atomic E-state index is 12.6. The zero-order valence-corrected chi connectivity index (χ0v) is 11.0. The van der Waals surface area contributed by atoms with Gasteiger partial charge in [0.25, 0.3) is 5.91 Å². The monoisotopic (exact) mass is 310 g/mol. The van der Waals surface area contributed by atoms with Crippen molar-refractivity contribution in [3.8, 4) is 0 Å². The van der Waals surface area contributed by atoms with Gasteiger partial charge in [-0.25, -0.2) is 0 Å². The Morgan fingerprint density at radius 1 is 1.32 bits per heavy atom. The molecule has 0 aliphatic carbocycles. The number of aromatic nitrogens is 3. The fourth-order valence-electron chi connectivity index (χ4n) is 1.89. The maximum Gasteiger partial charge on any atom is 0.416 e. The van der Waals surface area contributed by atoms with Crippen molar-refractivity contribution in [3.63, 3.8) is 0 Å². The summed E-state index contributed by atoms with van der Waals surface area (Å²) in [5.74, 6) is -0.0574. The van der Waals surface area contributed by atoms with Crippen molar-refractivity contribution in [2.24, 2.45) is 0 Å². The molecule has 0 aliphatic heterocycles. The predicted octanol–water partition coefficient (Wildman–Crippen LogP) is 2.27. The van der Waals surface area contributed by atoms with E-state index in [1.54, 1.807) is 0 Å². The summed E-state index contributed by atoms with van der Waals surface area (Å²) in [5, 5.41) is 10.0. The Labute approximate surface area is 121 Å². The topological polar surface area (TPSA) is 72.4 Å². The Morgan fingerprint density at radius 3 is 2.82 bits per heavy atom. The molecule has 9 heteroatoms. The van der Waals surface area contributed by atoms with Gasteiger partial charge >= 0.3 is 6.18 Å². The number of fused-ring (bicyclic) bond motifs is 1. The van der Waals surface area contributed by atoms with Gasteiger partial charge in [-0.1, -0.05) is 0 Å². The van der Waals surface area contributed by atoms with Crippen LogP contribution in [0.15, 0.2) is 41.3 Å². The van der Waals surface area contributed by atoms with E-state index in [1.165, 1.54) is 29.2 Å². The van der Waals surface area contributed by atoms with Crippen LogP contribution in [0.3, 0.4) is 0 Å². The van der Waals surface area contributed by atoms with E-state index in [2.05, 4.69) is 15.5 Å². The number of carbonyl (C=O) groups excluding carboxylic acids is 1. The van der Waals surface area contributed by atoms with Gasteiger partial charge in [-0.15, -0.1) is 10.2 Å². The second-order valence-corrected chi connectivity index (χ2v) is 4.45. The Hall–Kier alpha value is -2.84. The van der Waals surface area contributed by atoms with Crippen LogP contribution in [-0.2, 0) is 12.7 Å². The first-order valence-corrected chi connectivity index (χ1v) is 6.16. The quantitative estimate of drug-likeness (QED) is 0.805. The molecule has 0 radical (unpaired) electrons. The standard InChI is InChI=1S/C13H9F3N4O2/c14-13(15,16)9-1-3-20-10(5-9)18-19-11(20)6-17-12(21)8-2-4-22-7-8/h1-5,7H,6H2,(H,17,21). The molecule has 0 unspecified atom stereocenters. The van der Waals surface area contributed by atoms with E-state index in [4.69, 9.17) is 4.42 Å². The molecule has 0 saturated carbocycles. The molecule has 3 heterocycles. The third kappa shape index (κ3) is 2.65. The highest BCUT2D eigenvalue weighted by Gasteiger charge is 2.31. The molecule has 0 atom stereocenters. The lowest BCUT2D eigenvalue weighted by molar-refractivity contribution is -0.137. The molecule has 0 spiro atoms. The van der Waals surface area contributed by atoms with Gasteiger partial charge in [-0.05, 0) is 18.2 Å². The molecule has 22 heavy (non-hydrogen) atoms. The van der Waals surface area contributed by atoms with Gasteiger partial charge in [0.15, 0.2) is 11.5 Å². The number of alkyl halides is 3. The summed E-state index contributed by atoms with van der Waals surface area (Å²) >= 11 is 0. The molecule has 6 nitrogen and oxygen atoms in total. The van der Waals surface area contributed by atoms with E-state index in [1.807, 2.05) is 0 Å². The van der Waals surface area contributed by atoms with Crippen LogP contribution in [0.25, 0.3) is 5.65 Å². The number of carbonyl (C=O) groups is 1. The number of nitrogens with one attached hydrogen (secondary N) is 1. The average molecular weight is 310 g/mol. The van der Waals surface area contributed by atoms with Crippen molar-refractivity contribution < 1.29 is 22.4 Å². The van der Waals surface area contributed by atoms with Crippen LogP contribution < -0.4 is 5.32 Å². The molecule has 0 aliphatic rings. The van der Waals surface area contributed by atoms with Crippen LogP contribution in [0.2, 0.25) is 0 Å². The Morgan fingerprint density at radius 2 is 2.14 bits per heavy atom. The lowest BCUT2D eigenvalue weighted by atomic mass is 10.2. The van der Waals surface area contributed by atoms with Gasteiger partial charge in [0.1, 0.15) is 6.26 Å². The number of furan rings is 1. The molecule has 0 fully saturated rings. The van der Waals surface area contributed by atoms with Crippen molar-refractivity contribution in [2.45, 2.75) is 12.7 Å². The van der Waals surface area contributed by atoms with E-state index in [0.29, 0.717) is 11.4 Å². The molecule has 1 amide bonds. The van der Waals surface area contributed by atoms with Crippen LogP contribution in [0, 0.1) is 0 Å². The van der Waals surface area contributed by atoms with Gasteiger partial charge in [0.2, 0.25) is 0 Å². The highest BCUT2D eigenvalue weighted by molar-refractivity contribution is 5.93. The lowest BCUT2D eigenvalue weighted by Gasteiger charge is -2.07. The molecule has 114 valence electrons. The van der Waals surface area contributed by atoms with Crippen LogP contribution >= 0.6 is 0 Å². The smallest absolute Gasteiger partial charge is 0.416 e. The number of pyridine rings is 1. The summed E-state index contributed by atoms with van der Waals surface area (Å²) in [6.45, 7) is 0.0243. The third-order valence-electron chi connectivity index (χ3n) is 3.00. The molecule has 0 saturated heterocycles. The van der Waals surface area contributed by atoms with Crippen LogP contribution in [0.1, 0.15) is 21.7 Å². The fourth-order valence-corrected chi connectivity index (χ4v) is 1.89. The Kier molecular flexibility index (Phi) is 3.32. The molecular weight excluding hydrogens is 301 g/mol. The van der Waals surface area contributed by atoms with E-state index in [-0.39, 0.29) is 18.1 Å². The van der Waals surface area contributed by atoms with E-state index in [0.717, 1.165) is 12.1 Å². The van der Waals surface area contributed by atoms with Crippen LogP contribution in [0.4, 0.5) is 13.2 Å². The van der Waals surface area contributed by atoms with Crippen molar-refractivity contribution >= 4 is 11.6 Å². The number of hydrogen-bond acceptors (Lipinski definition) is 4. The van der Waals surface area contributed by atoms with E-state index in [9.17, 15) is 18.0 Å². The minimum Gasteiger partial charge on any atom is -0.472 e. The largest absolute Gasteiger partial charge is 0.472 e. The van der Waals surface area contributed by atoms with Gasteiger partial charge < -0.3 is 9.73 Å². The van der Waals surface area contributed by atoms with Crippen molar-refractivity contribution in [3.05, 3.63) is 53.9 Å². The summed E-state index contributed by atoms with van der Waals surface area (Å²) < 4.78 is 44.0. The predicted molar refractivity (Wildman–Crippen MR) is 67.9 cm³/mol. The normalized spacial score (nSPS) is 11.8. The summed E-state index contributed by atoms with van der Waals surface area (Å²) in [6.07, 6.45) is -0.576. The van der Waals surface area contributed by atoms with Gasteiger partial charge in [-0.3, -0.25) is 9.20 Å². The van der Waals surface area contributed by atoms with Crippen molar-refractivity contribution in [2.75, 3.05) is 0 Å². The summed E-state index contributed by atoms with van der Waals surface area (Å²) in [4.78, 5) is 11.7. The van der Waals surface area contributed by atoms with E-state index >= 15 is 0 Å². The third-order valence-corrected chi connectivity index (χ3v) is 3.00. The highest BCUT2D eigenvalue weighted by Crippen LogP contribution is 2.29. The number of hydrogen-bond donors (Lipinski definition) is 1. The zero-order valence-electron chi connectivity index (χ0n) is 11.0. The lowest BCUT2D eigenvalue weighted by Crippen LogP contribution is -2.23. The molecule has 3 aromatic rings. The minimum absolute atomic E-state index is 0.0243. The first kappa shape index (κ1) is 14.1.